The number of carbonyl (C=O) groups is 1. The van der Waals surface area contributed by atoms with Crippen LogP contribution in [0.5, 0.6) is 0 Å². The molecule has 5 nitrogen and oxygen atoms in total. The number of hydrogen-bond acceptors (Lipinski definition) is 4. The van der Waals surface area contributed by atoms with Gasteiger partial charge in [0, 0.05) is 13.1 Å². The fourth-order valence-electron chi connectivity index (χ4n) is 1.92. The Labute approximate surface area is 100 Å². The van der Waals surface area contributed by atoms with E-state index in [9.17, 15) is 4.79 Å². The molecule has 1 aromatic carbocycles. The minimum Gasteiger partial charge on any atom is -0.448 e. The van der Waals surface area contributed by atoms with E-state index in [1.165, 1.54) is 0 Å². The Bertz CT molecular complexity index is 369. The molecule has 1 fully saturated rings. The standard InChI is InChI=1S/C12H16N2O3/c13-12(15)17-9-7-14-6-8-16-11(14)10-4-2-1-3-5-10/h1-5,11H,6-9H2,(H2,13,15). The molecule has 1 heterocycles. The maximum Gasteiger partial charge on any atom is 0.404 e. The number of rotatable bonds is 4. The van der Waals surface area contributed by atoms with Gasteiger partial charge in [0.05, 0.1) is 6.61 Å². The van der Waals surface area contributed by atoms with Crippen molar-refractivity contribution in [2.75, 3.05) is 26.3 Å². The van der Waals surface area contributed by atoms with Crippen molar-refractivity contribution in [3.05, 3.63) is 35.9 Å². The highest BCUT2D eigenvalue weighted by atomic mass is 16.5. The second-order valence-corrected chi connectivity index (χ2v) is 3.84. The highest BCUT2D eigenvalue weighted by Crippen LogP contribution is 2.25. The summed E-state index contributed by atoms with van der Waals surface area (Å²) in [5.41, 5.74) is 6.03. The summed E-state index contributed by atoms with van der Waals surface area (Å²) in [6.07, 6.45) is -0.783. The number of primary amides is 1. The molecule has 1 aromatic rings. The summed E-state index contributed by atoms with van der Waals surface area (Å²) < 4.78 is 10.4. The van der Waals surface area contributed by atoms with Gasteiger partial charge in [-0.15, -0.1) is 0 Å². The van der Waals surface area contributed by atoms with Crippen LogP contribution in [0.4, 0.5) is 4.79 Å². The number of benzene rings is 1. The van der Waals surface area contributed by atoms with Crippen LogP contribution in [0.3, 0.4) is 0 Å². The predicted octanol–water partition coefficient (Wildman–Crippen LogP) is 1.11. The second kappa shape index (κ2) is 5.65. The maximum atomic E-state index is 10.5. The van der Waals surface area contributed by atoms with Crippen molar-refractivity contribution in [3.63, 3.8) is 0 Å². The van der Waals surface area contributed by atoms with Crippen LogP contribution in [0.1, 0.15) is 11.8 Å². The molecule has 0 aromatic heterocycles. The lowest BCUT2D eigenvalue weighted by atomic mass is 10.2. The number of nitrogens with zero attached hydrogens (tertiary/aromatic N) is 1. The highest BCUT2D eigenvalue weighted by molar-refractivity contribution is 5.64. The van der Waals surface area contributed by atoms with E-state index in [0.717, 1.165) is 12.1 Å². The Morgan fingerprint density at radius 2 is 2.24 bits per heavy atom. The van der Waals surface area contributed by atoms with Crippen LogP contribution >= 0.6 is 0 Å². The van der Waals surface area contributed by atoms with E-state index in [0.29, 0.717) is 19.8 Å². The van der Waals surface area contributed by atoms with Crippen molar-refractivity contribution in [1.82, 2.24) is 4.90 Å². The van der Waals surface area contributed by atoms with Gasteiger partial charge in [-0.05, 0) is 5.56 Å². The maximum absolute atomic E-state index is 10.5. The molecule has 92 valence electrons. The molecule has 1 aliphatic rings. The van der Waals surface area contributed by atoms with Crippen molar-refractivity contribution in [2.24, 2.45) is 5.73 Å². The van der Waals surface area contributed by atoms with Gasteiger partial charge in [-0.2, -0.15) is 0 Å². The van der Waals surface area contributed by atoms with E-state index in [-0.39, 0.29) is 6.23 Å². The Hall–Kier alpha value is -1.59. The normalized spacial score (nSPS) is 20.4. The lowest BCUT2D eigenvalue weighted by Gasteiger charge is -2.22. The number of hydrogen-bond donors (Lipinski definition) is 1. The van der Waals surface area contributed by atoms with Gasteiger partial charge in [0.15, 0.2) is 0 Å². The molecule has 5 heteroatoms. The molecule has 1 aliphatic heterocycles. The van der Waals surface area contributed by atoms with Gasteiger partial charge >= 0.3 is 6.09 Å². The van der Waals surface area contributed by atoms with Gasteiger partial charge in [-0.25, -0.2) is 4.79 Å². The average Bonchev–Trinajstić information content (AvgIpc) is 2.78. The topological polar surface area (TPSA) is 64.8 Å². The zero-order valence-corrected chi connectivity index (χ0v) is 9.54. The fourth-order valence-corrected chi connectivity index (χ4v) is 1.92. The SMILES string of the molecule is NC(=O)OCCN1CCOC1c1ccccc1. The second-order valence-electron chi connectivity index (χ2n) is 3.84. The Kier molecular flexibility index (Phi) is 3.95. The van der Waals surface area contributed by atoms with Crippen LogP contribution < -0.4 is 5.73 Å². The van der Waals surface area contributed by atoms with Crippen molar-refractivity contribution < 1.29 is 14.3 Å². The Morgan fingerprint density at radius 3 is 2.94 bits per heavy atom. The van der Waals surface area contributed by atoms with Crippen LogP contribution in [-0.2, 0) is 9.47 Å². The summed E-state index contributed by atoms with van der Waals surface area (Å²) in [6.45, 7) is 2.45. The summed E-state index contributed by atoms with van der Waals surface area (Å²) in [7, 11) is 0. The number of nitrogens with two attached hydrogens (primary N) is 1. The minimum atomic E-state index is -0.735. The molecule has 1 saturated heterocycles. The molecule has 1 amide bonds. The van der Waals surface area contributed by atoms with E-state index in [4.69, 9.17) is 15.2 Å². The number of amides is 1. The molecule has 2 rings (SSSR count). The number of carbonyl (C=O) groups excluding carboxylic acids is 1. The largest absolute Gasteiger partial charge is 0.448 e. The summed E-state index contributed by atoms with van der Waals surface area (Å²) in [5, 5.41) is 0. The molecule has 0 aliphatic carbocycles. The van der Waals surface area contributed by atoms with Gasteiger partial charge < -0.3 is 15.2 Å². The molecular formula is C12H16N2O3. The predicted molar refractivity (Wildman–Crippen MR) is 62.2 cm³/mol. The van der Waals surface area contributed by atoms with Crippen LogP contribution in [-0.4, -0.2) is 37.3 Å². The third-order valence-electron chi connectivity index (χ3n) is 2.69. The first-order valence-electron chi connectivity index (χ1n) is 5.60. The average molecular weight is 236 g/mol. The van der Waals surface area contributed by atoms with E-state index < -0.39 is 6.09 Å². The van der Waals surface area contributed by atoms with Crippen LogP contribution in [0.15, 0.2) is 30.3 Å². The minimum absolute atomic E-state index is 0.0484. The van der Waals surface area contributed by atoms with E-state index >= 15 is 0 Å². The fraction of sp³-hybridized carbons (Fsp3) is 0.417. The first kappa shape index (κ1) is 11.9. The van der Waals surface area contributed by atoms with Gasteiger partial charge in [0.1, 0.15) is 12.8 Å². The molecule has 17 heavy (non-hydrogen) atoms. The lowest BCUT2D eigenvalue weighted by molar-refractivity contribution is 0.0234. The smallest absolute Gasteiger partial charge is 0.404 e. The van der Waals surface area contributed by atoms with Crippen molar-refractivity contribution in [2.45, 2.75) is 6.23 Å². The summed E-state index contributed by atoms with van der Waals surface area (Å²) in [6, 6.07) is 9.99. The zero-order chi connectivity index (χ0) is 12.1. The summed E-state index contributed by atoms with van der Waals surface area (Å²) in [4.78, 5) is 12.6. The van der Waals surface area contributed by atoms with Gasteiger partial charge in [-0.3, -0.25) is 4.90 Å². The molecular weight excluding hydrogens is 220 g/mol. The van der Waals surface area contributed by atoms with Gasteiger partial charge in [0.2, 0.25) is 0 Å². The van der Waals surface area contributed by atoms with Crippen LogP contribution in [0, 0.1) is 0 Å². The first-order valence-corrected chi connectivity index (χ1v) is 5.60. The highest BCUT2D eigenvalue weighted by Gasteiger charge is 2.26. The monoisotopic (exact) mass is 236 g/mol. The summed E-state index contributed by atoms with van der Waals surface area (Å²) in [5.74, 6) is 0. The molecule has 0 bridgehead atoms. The summed E-state index contributed by atoms with van der Waals surface area (Å²) >= 11 is 0. The third kappa shape index (κ3) is 3.18. The van der Waals surface area contributed by atoms with Crippen molar-refractivity contribution in [3.8, 4) is 0 Å². The Balaban J connectivity index is 1.91. The molecule has 0 radical (unpaired) electrons. The van der Waals surface area contributed by atoms with Crippen molar-refractivity contribution in [1.29, 1.82) is 0 Å². The molecule has 1 unspecified atom stereocenters. The first-order chi connectivity index (χ1) is 8.27. The van der Waals surface area contributed by atoms with E-state index in [1.54, 1.807) is 0 Å². The molecule has 1 atom stereocenters. The molecule has 0 spiro atoms. The van der Waals surface area contributed by atoms with Crippen LogP contribution in [0.25, 0.3) is 0 Å². The lowest BCUT2D eigenvalue weighted by Crippen LogP contribution is -2.29. The van der Waals surface area contributed by atoms with Gasteiger partial charge in [0.25, 0.3) is 0 Å². The third-order valence-corrected chi connectivity index (χ3v) is 2.69. The Morgan fingerprint density at radius 1 is 1.47 bits per heavy atom. The van der Waals surface area contributed by atoms with Gasteiger partial charge in [-0.1, -0.05) is 30.3 Å². The quantitative estimate of drug-likeness (QED) is 0.850. The van der Waals surface area contributed by atoms with Crippen molar-refractivity contribution >= 4 is 6.09 Å². The zero-order valence-electron chi connectivity index (χ0n) is 9.54. The number of ether oxygens (including phenoxy) is 2. The molecule has 2 N–H and O–H groups in total. The van der Waals surface area contributed by atoms with E-state index in [1.807, 2.05) is 30.3 Å². The van der Waals surface area contributed by atoms with E-state index in [2.05, 4.69) is 4.90 Å². The molecule has 0 saturated carbocycles. The van der Waals surface area contributed by atoms with Crippen LogP contribution in [0.2, 0.25) is 0 Å².